The first kappa shape index (κ1) is 26.0. The topological polar surface area (TPSA) is 99.3 Å². The summed E-state index contributed by atoms with van der Waals surface area (Å²) in [5.41, 5.74) is 0.469. The van der Waals surface area contributed by atoms with Gasteiger partial charge in [0.15, 0.2) is 0 Å². The Morgan fingerprint density at radius 1 is 1.24 bits per heavy atom. The van der Waals surface area contributed by atoms with Crippen molar-refractivity contribution in [3.8, 4) is 0 Å². The fraction of sp³-hybridized carbons (Fsp3) is 0.636. The highest BCUT2D eigenvalue weighted by Crippen LogP contribution is 2.37. The van der Waals surface area contributed by atoms with E-state index in [-0.39, 0.29) is 34.9 Å². The Morgan fingerprint density at radius 3 is 2.61 bits per heavy atom. The Balaban J connectivity index is 1.71. The highest BCUT2D eigenvalue weighted by molar-refractivity contribution is 8.00. The number of benzene rings is 1. The van der Waals surface area contributed by atoms with Crippen LogP contribution in [0.25, 0.3) is 0 Å². The minimum atomic E-state index is -3.70. The molecule has 184 valence electrons. The third kappa shape index (κ3) is 6.48. The van der Waals surface area contributed by atoms with Crippen LogP contribution >= 0.6 is 11.8 Å². The first-order valence-corrected chi connectivity index (χ1v) is 13.8. The zero-order valence-electron chi connectivity index (χ0n) is 19.6. The van der Waals surface area contributed by atoms with Crippen LogP contribution in [-0.4, -0.2) is 94.2 Å². The minimum Gasteiger partial charge on any atom is -0.379 e. The van der Waals surface area contributed by atoms with E-state index in [4.69, 9.17) is 4.74 Å². The fourth-order valence-electron chi connectivity index (χ4n) is 3.93. The molecule has 3 rings (SSSR count). The van der Waals surface area contributed by atoms with Crippen LogP contribution in [0.3, 0.4) is 0 Å². The lowest BCUT2D eigenvalue weighted by atomic mass is 10.1. The number of hydrogen-bond acceptors (Lipinski definition) is 7. The molecule has 0 unspecified atom stereocenters. The van der Waals surface area contributed by atoms with Crippen LogP contribution in [0.5, 0.6) is 0 Å². The molecule has 0 saturated carbocycles. The second kappa shape index (κ2) is 11.7. The van der Waals surface area contributed by atoms with Crippen LogP contribution in [0.15, 0.2) is 28.0 Å². The monoisotopic (exact) mass is 498 g/mol. The number of ether oxygens (including phenoxy) is 1. The number of rotatable bonds is 10. The fourth-order valence-corrected chi connectivity index (χ4v) is 6.27. The molecule has 9 nitrogen and oxygen atoms in total. The van der Waals surface area contributed by atoms with Crippen LogP contribution in [0, 0.1) is 5.92 Å². The van der Waals surface area contributed by atoms with Crippen molar-refractivity contribution in [1.29, 1.82) is 0 Å². The van der Waals surface area contributed by atoms with Gasteiger partial charge in [0, 0.05) is 31.1 Å². The van der Waals surface area contributed by atoms with E-state index in [2.05, 4.69) is 31.0 Å². The molecule has 2 aliphatic rings. The molecule has 0 bridgehead atoms. The van der Waals surface area contributed by atoms with E-state index in [1.807, 2.05) is 0 Å². The SMILES string of the molecule is CCN(CC)C[C@@H](C)CNC(=O)CN1C(=O)CSc2ccc(S(=O)(=O)N3CCOCC3)cc21. The lowest BCUT2D eigenvalue weighted by Crippen LogP contribution is -2.45. The number of thioether (sulfide) groups is 1. The second-order valence-corrected chi connectivity index (χ2v) is 11.3. The van der Waals surface area contributed by atoms with Gasteiger partial charge in [0.1, 0.15) is 6.54 Å². The van der Waals surface area contributed by atoms with Gasteiger partial charge in [-0.3, -0.25) is 9.59 Å². The van der Waals surface area contributed by atoms with E-state index in [1.165, 1.54) is 27.0 Å². The Bertz CT molecular complexity index is 946. The molecule has 0 aliphatic carbocycles. The van der Waals surface area contributed by atoms with Gasteiger partial charge in [-0.1, -0.05) is 20.8 Å². The number of carbonyl (C=O) groups is 2. The van der Waals surface area contributed by atoms with Gasteiger partial charge in [0.2, 0.25) is 21.8 Å². The average molecular weight is 499 g/mol. The highest BCUT2D eigenvalue weighted by Gasteiger charge is 2.31. The molecule has 0 aromatic heterocycles. The van der Waals surface area contributed by atoms with Crippen molar-refractivity contribution in [2.75, 3.05) is 69.7 Å². The number of sulfonamides is 1. The summed E-state index contributed by atoms with van der Waals surface area (Å²) in [6.07, 6.45) is 0. The van der Waals surface area contributed by atoms with E-state index in [9.17, 15) is 18.0 Å². The maximum absolute atomic E-state index is 13.1. The quantitative estimate of drug-likeness (QED) is 0.518. The van der Waals surface area contributed by atoms with Crippen LogP contribution in [0.1, 0.15) is 20.8 Å². The molecule has 1 N–H and O–H groups in total. The number of carbonyl (C=O) groups excluding carboxylic acids is 2. The van der Waals surface area contributed by atoms with E-state index in [0.29, 0.717) is 38.5 Å². The summed E-state index contributed by atoms with van der Waals surface area (Å²) in [7, 11) is -3.70. The molecule has 1 saturated heterocycles. The van der Waals surface area contributed by atoms with Crippen molar-refractivity contribution in [3.05, 3.63) is 18.2 Å². The highest BCUT2D eigenvalue weighted by atomic mass is 32.2. The Labute approximate surface area is 200 Å². The van der Waals surface area contributed by atoms with Crippen molar-refractivity contribution in [1.82, 2.24) is 14.5 Å². The van der Waals surface area contributed by atoms with E-state index < -0.39 is 10.0 Å². The number of nitrogens with one attached hydrogen (secondary N) is 1. The predicted octanol–water partition coefficient (Wildman–Crippen LogP) is 1.24. The normalized spacial score (nSPS) is 18.3. The van der Waals surface area contributed by atoms with E-state index >= 15 is 0 Å². The molecule has 1 aromatic carbocycles. The maximum Gasteiger partial charge on any atom is 0.243 e. The lowest BCUT2D eigenvalue weighted by molar-refractivity contribution is -0.123. The summed E-state index contributed by atoms with van der Waals surface area (Å²) in [6.45, 7) is 10.8. The Kier molecular flexibility index (Phi) is 9.17. The first-order valence-electron chi connectivity index (χ1n) is 11.4. The van der Waals surface area contributed by atoms with Gasteiger partial charge in [0.05, 0.1) is 29.5 Å². The number of fused-ring (bicyclic) bond motifs is 1. The van der Waals surface area contributed by atoms with Crippen LogP contribution < -0.4 is 10.2 Å². The summed E-state index contributed by atoms with van der Waals surface area (Å²) < 4.78 is 32.8. The van der Waals surface area contributed by atoms with Gasteiger partial charge < -0.3 is 19.9 Å². The standard InChI is InChI=1S/C22H34N4O5S2/c1-4-24(5-2)14-17(3)13-23-21(27)15-26-19-12-18(6-7-20(19)32-16-22(26)28)33(29,30)25-8-10-31-11-9-25/h6-7,12,17H,4-5,8-11,13-16H2,1-3H3,(H,23,27)/t17-/m0/s1. The van der Waals surface area contributed by atoms with Gasteiger partial charge in [-0.15, -0.1) is 11.8 Å². The second-order valence-electron chi connectivity index (χ2n) is 8.31. The van der Waals surface area contributed by atoms with Gasteiger partial charge in [-0.2, -0.15) is 4.31 Å². The van der Waals surface area contributed by atoms with Crippen molar-refractivity contribution in [3.63, 3.8) is 0 Å². The van der Waals surface area contributed by atoms with Gasteiger partial charge in [-0.05, 0) is 37.2 Å². The third-order valence-electron chi connectivity index (χ3n) is 5.89. The van der Waals surface area contributed by atoms with Crippen LogP contribution in [-0.2, 0) is 24.3 Å². The molecular formula is C22H34N4O5S2. The number of hydrogen-bond donors (Lipinski definition) is 1. The Morgan fingerprint density at radius 2 is 1.94 bits per heavy atom. The summed E-state index contributed by atoms with van der Waals surface area (Å²) in [5.74, 6) is 0.0293. The predicted molar refractivity (Wildman–Crippen MR) is 129 cm³/mol. The number of amides is 2. The van der Waals surface area contributed by atoms with Crippen molar-refractivity contribution in [2.45, 2.75) is 30.6 Å². The van der Waals surface area contributed by atoms with E-state index in [0.717, 1.165) is 24.5 Å². The molecule has 2 amide bonds. The molecular weight excluding hydrogens is 464 g/mol. The van der Waals surface area contributed by atoms with Crippen LogP contribution in [0.4, 0.5) is 5.69 Å². The van der Waals surface area contributed by atoms with E-state index in [1.54, 1.807) is 12.1 Å². The maximum atomic E-state index is 13.1. The summed E-state index contributed by atoms with van der Waals surface area (Å²) in [4.78, 5) is 29.9. The van der Waals surface area contributed by atoms with Crippen molar-refractivity contribution in [2.24, 2.45) is 5.92 Å². The zero-order valence-corrected chi connectivity index (χ0v) is 21.2. The third-order valence-corrected chi connectivity index (χ3v) is 8.84. The molecule has 2 heterocycles. The minimum absolute atomic E-state index is 0.122. The molecule has 1 atom stereocenters. The lowest BCUT2D eigenvalue weighted by Gasteiger charge is -2.30. The average Bonchev–Trinajstić information content (AvgIpc) is 2.83. The summed E-state index contributed by atoms with van der Waals surface area (Å²) in [6, 6.07) is 4.80. The molecule has 1 fully saturated rings. The largest absolute Gasteiger partial charge is 0.379 e. The number of nitrogens with zero attached hydrogens (tertiary/aromatic N) is 3. The molecule has 11 heteroatoms. The zero-order chi connectivity index (χ0) is 24.0. The molecule has 33 heavy (non-hydrogen) atoms. The van der Waals surface area contributed by atoms with Gasteiger partial charge in [-0.25, -0.2) is 8.42 Å². The summed E-state index contributed by atoms with van der Waals surface area (Å²) in [5, 5.41) is 2.92. The molecule has 0 spiro atoms. The molecule has 2 aliphatic heterocycles. The summed E-state index contributed by atoms with van der Waals surface area (Å²) >= 11 is 1.36. The van der Waals surface area contributed by atoms with Crippen molar-refractivity contribution < 1.29 is 22.7 Å². The van der Waals surface area contributed by atoms with Crippen LogP contribution in [0.2, 0.25) is 0 Å². The smallest absolute Gasteiger partial charge is 0.243 e. The number of anilines is 1. The number of morpholine rings is 1. The Hall–Kier alpha value is -1.66. The molecule has 1 aromatic rings. The van der Waals surface area contributed by atoms with Crippen molar-refractivity contribution >= 4 is 39.3 Å². The molecule has 0 radical (unpaired) electrons. The van der Waals surface area contributed by atoms with Gasteiger partial charge in [0.25, 0.3) is 0 Å². The van der Waals surface area contributed by atoms with Gasteiger partial charge >= 0.3 is 0 Å². The first-order chi connectivity index (χ1) is 15.8.